The summed E-state index contributed by atoms with van der Waals surface area (Å²) in [6.45, 7) is 3.49. The first-order chi connectivity index (χ1) is 11.4. The molecule has 8 heteroatoms. The number of benzene rings is 1. The zero-order valence-corrected chi connectivity index (χ0v) is 14.4. The second-order valence-corrected chi connectivity index (χ2v) is 7.66. The number of likely N-dealkylation sites (N-methyl/N-ethyl adjacent to an activating group) is 1. The Bertz CT molecular complexity index is 836. The summed E-state index contributed by atoms with van der Waals surface area (Å²) in [5.74, 6) is 0. The number of amides is 3. The summed E-state index contributed by atoms with van der Waals surface area (Å²) in [7, 11) is 1.71. The first-order valence-corrected chi connectivity index (χ1v) is 8.63. The van der Waals surface area contributed by atoms with Crippen molar-refractivity contribution in [2.24, 2.45) is 0 Å². The van der Waals surface area contributed by atoms with Gasteiger partial charge in [0.05, 0.1) is 28.3 Å². The lowest BCUT2D eigenvalue weighted by Gasteiger charge is -2.22. The van der Waals surface area contributed by atoms with Crippen LogP contribution in [-0.4, -0.2) is 59.2 Å². The normalized spacial score (nSPS) is 23.3. The third-order valence-electron chi connectivity index (χ3n) is 4.49. The summed E-state index contributed by atoms with van der Waals surface area (Å²) in [5, 5.41) is 3.91. The Labute approximate surface area is 143 Å². The van der Waals surface area contributed by atoms with E-state index in [-0.39, 0.29) is 12.1 Å². The van der Waals surface area contributed by atoms with E-state index in [0.717, 1.165) is 20.9 Å². The molecule has 0 bridgehead atoms. The minimum atomic E-state index is -0.556. The molecule has 1 aromatic heterocycles. The largest absolute Gasteiger partial charge is 0.439 e. The van der Waals surface area contributed by atoms with Crippen molar-refractivity contribution in [3.8, 4) is 0 Å². The van der Waals surface area contributed by atoms with E-state index in [9.17, 15) is 9.59 Å². The minimum absolute atomic E-state index is 0.177. The summed E-state index contributed by atoms with van der Waals surface area (Å²) < 4.78 is 6.57. The van der Waals surface area contributed by atoms with Crippen molar-refractivity contribution in [1.29, 1.82) is 0 Å². The molecule has 0 saturated carbocycles. The topological polar surface area (TPSA) is 74.8 Å². The van der Waals surface area contributed by atoms with Gasteiger partial charge in [-0.3, -0.25) is 0 Å². The molecule has 2 aliphatic rings. The zero-order valence-electron chi connectivity index (χ0n) is 13.5. The molecule has 7 nitrogen and oxygen atoms in total. The Kier molecular flexibility index (Phi) is 3.38. The molecule has 1 unspecified atom stereocenters. The molecule has 1 N–H and O–H groups in total. The molecule has 0 radical (unpaired) electrons. The molecule has 2 fully saturated rings. The number of rotatable bonds is 1. The number of ether oxygens (including phenoxy) is 1. The molecule has 126 valence electrons. The van der Waals surface area contributed by atoms with Gasteiger partial charge in [-0.15, -0.1) is 11.3 Å². The highest BCUT2D eigenvalue weighted by Gasteiger charge is 2.49. The number of fused-ring (bicyclic) bond motifs is 1. The average Bonchev–Trinajstić information content (AvgIpc) is 3.17. The predicted octanol–water partition coefficient (Wildman–Crippen LogP) is 2.66. The SMILES string of the molecule is Cc1nc2cc(NC(=O)N3CCC4(CN(C)C(=O)O4)C3)ccc2s1. The molecule has 4 rings (SSSR count). The molecule has 3 amide bonds. The van der Waals surface area contributed by atoms with E-state index in [1.807, 2.05) is 25.1 Å². The Morgan fingerprint density at radius 3 is 3.00 bits per heavy atom. The predicted molar refractivity (Wildman–Crippen MR) is 91.4 cm³/mol. The van der Waals surface area contributed by atoms with Crippen LogP contribution < -0.4 is 5.32 Å². The van der Waals surface area contributed by atoms with E-state index in [0.29, 0.717) is 26.1 Å². The second-order valence-electron chi connectivity index (χ2n) is 6.42. The van der Waals surface area contributed by atoms with Crippen LogP contribution >= 0.6 is 11.3 Å². The van der Waals surface area contributed by atoms with Crippen LogP contribution in [0.2, 0.25) is 0 Å². The van der Waals surface area contributed by atoms with Gasteiger partial charge >= 0.3 is 12.1 Å². The van der Waals surface area contributed by atoms with E-state index < -0.39 is 5.60 Å². The number of likely N-dealkylation sites (tertiary alicyclic amines) is 1. The Morgan fingerprint density at radius 1 is 1.42 bits per heavy atom. The molecule has 1 aromatic carbocycles. The molecule has 1 spiro atoms. The Balaban J connectivity index is 1.45. The van der Waals surface area contributed by atoms with Gasteiger partial charge in [0.2, 0.25) is 0 Å². The van der Waals surface area contributed by atoms with Crippen molar-refractivity contribution < 1.29 is 14.3 Å². The Morgan fingerprint density at radius 2 is 2.25 bits per heavy atom. The Hall–Kier alpha value is -2.35. The number of nitrogens with zero attached hydrogens (tertiary/aromatic N) is 3. The van der Waals surface area contributed by atoms with E-state index in [2.05, 4.69) is 10.3 Å². The smallest absolute Gasteiger partial charge is 0.410 e. The van der Waals surface area contributed by atoms with Gasteiger partial charge in [-0.25, -0.2) is 14.6 Å². The number of nitrogens with one attached hydrogen (secondary N) is 1. The number of thiazole rings is 1. The van der Waals surface area contributed by atoms with Gasteiger partial charge in [0.15, 0.2) is 5.60 Å². The lowest BCUT2D eigenvalue weighted by molar-refractivity contribution is 0.0663. The van der Waals surface area contributed by atoms with Crippen molar-refractivity contribution in [2.75, 3.05) is 32.0 Å². The van der Waals surface area contributed by atoms with Crippen molar-refractivity contribution >= 4 is 39.4 Å². The number of carbonyl (C=O) groups excluding carboxylic acids is 2. The fraction of sp³-hybridized carbons (Fsp3) is 0.438. The standard InChI is InChI=1S/C16H18N4O3S/c1-10-17-12-7-11(3-4-13(12)24-10)18-14(21)20-6-5-16(9-20)8-19(2)15(22)23-16/h3-4,7H,5-6,8-9H2,1-2H3,(H,18,21). The average molecular weight is 346 g/mol. The number of aryl methyl sites for hydroxylation is 1. The lowest BCUT2D eigenvalue weighted by atomic mass is 10.0. The first-order valence-electron chi connectivity index (χ1n) is 7.81. The monoisotopic (exact) mass is 346 g/mol. The van der Waals surface area contributed by atoms with E-state index in [1.54, 1.807) is 28.2 Å². The lowest BCUT2D eigenvalue weighted by Crippen LogP contribution is -2.40. The van der Waals surface area contributed by atoms with Crippen LogP contribution in [0.25, 0.3) is 10.2 Å². The minimum Gasteiger partial charge on any atom is -0.439 e. The molecular weight excluding hydrogens is 328 g/mol. The van der Waals surface area contributed by atoms with Crippen molar-refractivity contribution in [2.45, 2.75) is 18.9 Å². The summed E-state index contributed by atoms with van der Waals surface area (Å²) in [6.07, 6.45) is 0.350. The van der Waals surface area contributed by atoms with Crippen LogP contribution in [0.15, 0.2) is 18.2 Å². The first kappa shape index (κ1) is 15.2. The third-order valence-corrected chi connectivity index (χ3v) is 5.44. The fourth-order valence-electron chi connectivity index (χ4n) is 3.35. The van der Waals surface area contributed by atoms with Gasteiger partial charge in [0, 0.05) is 25.7 Å². The molecule has 2 aromatic rings. The number of aromatic nitrogens is 1. The molecule has 2 aliphatic heterocycles. The van der Waals surface area contributed by atoms with Crippen LogP contribution in [-0.2, 0) is 4.74 Å². The number of hydrogen-bond donors (Lipinski definition) is 1. The molecule has 1 atom stereocenters. The number of carbonyl (C=O) groups is 2. The maximum Gasteiger partial charge on any atom is 0.410 e. The van der Waals surface area contributed by atoms with Gasteiger partial charge in [-0.1, -0.05) is 0 Å². The maximum absolute atomic E-state index is 12.5. The van der Waals surface area contributed by atoms with Gasteiger partial charge in [-0.2, -0.15) is 0 Å². The number of urea groups is 1. The van der Waals surface area contributed by atoms with Crippen LogP contribution in [0, 0.1) is 6.92 Å². The van der Waals surface area contributed by atoms with Crippen LogP contribution in [0.3, 0.4) is 0 Å². The number of hydrogen-bond acceptors (Lipinski definition) is 5. The second kappa shape index (κ2) is 5.34. The highest BCUT2D eigenvalue weighted by Crippen LogP contribution is 2.32. The van der Waals surface area contributed by atoms with Gasteiger partial charge in [-0.05, 0) is 25.1 Å². The zero-order chi connectivity index (χ0) is 16.9. The number of anilines is 1. The van der Waals surface area contributed by atoms with Crippen LogP contribution in [0.5, 0.6) is 0 Å². The summed E-state index contributed by atoms with van der Waals surface area (Å²) in [6, 6.07) is 5.55. The molecular formula is C16H18N4O3S. The van der Waals surface area contributed by atoms with Crippen molar-refractivity contribution in [1.82, 2.24) is 14.8 Å². The van der Waals surface area contributed by atoms with Crippen LogP contribution in [0.4, 0.5) is 15.3 Å². The quantitative estimate of drug-likeness (QED) is 0.861. The van der Waals surface area contributed by atoms with Gasteiger partial charge < -0.3 is 19.9 Å². The van der Waals surface area contributed by atoms with Crippen LogP contribution in [0.1, 0.15) is 11.4 Å². The van der Waals surface area contributed by atoms with Crippen molar-refractivity contribution in [3.05, 3.63) is 23.2 Å². The van der Waals surface area contributed by atoms with E-state index >= 15 is 0 Å². The van der Waals surface area contributed by atoms with Gasteiger partial charge in [0.25, 0.3) is 0 Å². The van der Waals surface area contributed by atoms with E-state index in [4.69, 9.17) is 4.74 Å². The summed E-state index contributed by atoms with van der Waals surface area (Å²) >= 11 is 1.63. The molecule has 2 saturated heterocycles. The molecule has 3 heterocycles. The highest BCUT2D eigenvalue weighted by molar-refractivity contribution is 7.18. The highest BCUT2D eigenvalue weighted by atomic mass is 32.1. The maximum atomic E-state index is 12.5. The molecule has 24 heavy (non-hydrogen) atoms. The van der Waals surface area contributed by atoms with E-state index in [1.165, 1.54) is 0 Å². The van der Waals surface area contributed by atoms with Gasteiger partial charge in [0.1, 0.15) is 0 Å². The fourth-order valence-corrected chi connectivity index (χ4v) is 4.15. The summed E-state index contributed by atoms with van der Waals surface area (Å²) in [5.41, 5.74) is 1.05. The summed E-state index contributed by atoms with van der Waals surface area (Å²) in [4.78, 5) is 31.8. The molecule has 0 aliphatic carbocycles. The third kappa shape index (κ3) is 2.56. The van der Waals surface area contributed by atoms with Crippen molar-refractivity contribution in [3.63, 3.8) is 0 Å².